The van der Waals surface area contributed by atoms with Crippen LogP contribution in [0.2, 0.25) is 0 Å². The first-order valence-corrected chi connectivity index (χ1v) is 13.6. The minimum Gasteiger partial charge on any atom is -0.497 e. The Balaban J connectivity index is 1.84. The minimum atomic E-state index is -4.65. The number of anilines is 1. The number of ether oxygens (including phenoxy) is 3. The van der Waals surface area contributed by atoms with Gasteiger partial charge in [-0.3, -0.25) is 4.79 Å². The third kappa shape index (κ3) is 6.63. The van der Waals surface area contributed by atoms with Crippen LogP contribution in [0.1, 0.15) is 30.5 Å². The number of methoxy groups -OCH3 is 3. The summed E-state index contributed by atoms with van der Waals surface area (Å²) in [6.07, 6.45) is 0.474. The van der Waals surface area contributed by atoms with Gasteiger partial charge < -0.3 is 28.9 Å². The van der Waals surface area contributed by atoms with E-state index in [0.717, 1.165) is 17.8 Å². The summed E-state index contributed by atoms with van der Waals surface area (Å²) in [7, 11) is 4.12. The zero-order valence-electron chi connectivity index (χ0n) is 24.4. The van der Waals surface area contributed by atoms with Crippen molar-refractivity contribution in [2.45, 2.75) is 25.6 Å². The maximum Gasteiger partial charge on any atom is 0.416 e. The Kier molecular flexibility index (Phi) is 9.67. The van der Waals surface area contributed by atoms with Crippen LogP contribution in [0.25, 0.3) is 0 Å². The van der Waals surface area contributed by atoms with Crippen molar-refractivity contribution < 1.29 is 36.6 Å². The first-order valence-electron chi connectivity index (χ1n) is 13.6. The van der Waals surface area contributed by atoms with Crippen molar-refractivity contribution in [1.82, 2.24) is 9.80 Å². The number of hydrogen-bond acceptors (Lipinski definition) is 8. The lowest BCUT2D eigenvalue weighted by molar-refractivity contribution is -0.141. The molecule has 230 valence electrons. The standard InChI is InChI=1S/C31H34F4N4O4/c1-6-21(18-22(7-2)41-3)37-13-15-38(16-14-37)30-36-29-23(9-8-10-24(29)32)25(19-28(40)43-5)39(30)26-17-20(31(33,34)35)11-12-27(26)42-4/h6-12,17-18,25H,2,13-16,19H2,1,3-5H3/b21-6+,22-18+/t25-/m0/s1. The van der Waals surface area contributed by atoms with Crippen molar-refractivity contribution in [3.05, 3.63) is 89.6 Å². The van der Waals surface area contributed by atoms with Crippen molar-refractivity contribution in [3.63, 3.8) is 0 Å². The molecular formula is C31H34F4N4O4. The highest BCUT2D eigenvalue weighted by Gasteiger charge is 2.40. The molecule has 0 unspecified atom stereocenters. The Morgan fingerprint density at radius 2 is 1.81 bits per heavy atom. The van der Waals surface area contributed by atoms with E-state index in [1.165, 1.54) is 37.3 Å². The summed E-state index contributed by atoms with van der Waals surface area (Å²) in [6, 6.07) is 6.51. The monoisotopic (exact) mass is 602 g/mol. The normalized spacial score (nSPS) is 17.7. The first kappa shape index (κ1) is 31.5. The molecule has 43 heavy (non-hydrogen) atoms. The van der Waals surface area contributed by atoms with Gasteiger partial charge in [0, 0.05) is 43.5 Å². The molecule has 1 fully saturated rings. The summed E-state index contributed by atoms with van der Waals surface area (Å²) >= 11 is 0. The first-order chi connectivity index (χ1) is 20.6. The highest BCUT2D eigenvalue weighted by molar-refractivity contribution is 6.02. The van der Waals surface area contributed by atoms with Gasteiger partial charge in [0.1, 0.15) is 23.0 Å². The average Bonchev–Trinajstić information content (AvgIpc) is 3.01. The fraction of sp³-hybridized carbons (Fsp3) is 0.355. The number of alkyl halides is 3. The molecule has 2 heterocycles. The van der Waals surface area contributed by atoms with Gasteiger partial charge in [-0.05, 0) is 37.3 Å². The molecule has 12 heteroatoms. The third-order valence-electron chi connectivity index (χ3n) is 7.42. The molecule has 0 N–H and O–H groups in total. The van der Waals surface area contributed by atoms with Crippen molar-refractivity contribution in [2.24, 2.45) is 4.99 Å². The number of piperazine rings is 1. The van der Waals surface area contributed by atoms with E-state index in [1.54, 1.807) is 19.3 Å². The molecule has 0 bridgehead atoms. The second kappa shape index (κ2) is 13.2. The molecule has 0 radical (unpaired) electrons. The summed E-state index contributed by atoms with van der Waals surface area (Å²) in [6.45, 7) is 7.48. The number of hydrogen-bond donors (Lipinski definition) is 0. The molecule has 4 rings (SSSR count). The van der Waals surface area contributed by atoms with E-state index >= 15 is 4.39 Å². The van der Waals surface area contributed by atoms with Gasteiger partial charge in [-0.2, -0.15) is 13.2 Å². The number of rotatable bonds is 8. The van der Waals surface area contributed by atoms with E-state index in [9.17, 15) is 18.0 Å². The van der Waals surface area contributed by atoms with Gasteiger partial charge in [0.25, 0.3) is 0 Å². The number of aliphatic imine (C=N–C) groups is 1. The zero-order chi connectivity index (χ0) is 31.3. The number of fused-ring (bicyclic) bond motifs is 1. The van der Waals surface area contributed by atoms with E-state index in [-0.39, 0.29) is 29.5 Å². The van der Waals surface area contributed by atoms with Crippen LogP contribution in [0, 0.1) is 5.82 Å². The van der Waals surface area contributed by atoms with Crippen LogP contribution < -0.4 is 9.64 Å². The lowest BCUT2D eigenvalue weighted by Gasteiger charge is -2.45. The summed E-state index contributed by atoms with van der Waals surface area (Å²) in [4.78, 5) is 22.9. The fourth-order valence-corrected chi connectivity index (χ4v) is 5.22. The van der Waals surface area contributed by atoms with Gasteiger partial charge >= 0.3 is 12.1 Å². The SMILES string of the molecule is C=C/C(=C\C(=C/C)N1CCN(C2=Nc3c(F)cccc3[C@H](CC(=O)OC)N2c2cc(C(F)(F)F)ccc2OC)CC1)OC. The molecule has 1 atom stereocenters. The predicted molar refractivity (Wildman–Crippen MR) is 156 cm³/mol. The molecule has 0 aliphatic carbocycles. The van der Waals surface area contributed by atoms with Gasteiger partial charge in [-0.25, -0.2) is 9.38 Å². The number of carbonyl (C=O) groups excluding carboxylic acids is 1. The Morgan fingerprint density at radius 3 is 2.40 bits per heavy atom. The number of esters is 1. The van der Waals surface area contributed by atoms with Gasteiger partial charge in [-0.15, -0.1) is 0 Å². The van der Waals surface area contributed by atoms with Gasteiger partial charge in [0.2, 0.25) is 5.96 Å². The van der Waals surface area contributed by atoms with Crippen molar-refractivity contribution in [3.8, 4) is 5.75 Å². The van der Waals surface area contributed by atoms with Crippen LogP contribution >= 0.6 is 0 Å². The molecule has 8 nitrogen and oxygen atoms in total. The summed E-state index contributed by atoms with van der Waals surface area (Å²) in [5, 5.41) is 0. The fourth-order valence-electron chi connectivity index (χ4n) is 5.22. The number of allylic oxidation sites excluding steroid dienone is 3. The Morgan fingerprint density at radius 1 is 1.09 bits per heavy atom. The molecule has 0 spiro atoms. The molecule has 2 aromatic carbocycles. The second-order valence-electron chi connectivity index (χ2n) is 9.78. The lowest BCUT2D eigenvalue weighted by Crippen LogP contribution is -2.55. The summed E-state index contributed by atoms with van der Waals surface area (Å²) < 4.78 is 72.7. The Bertz CT molecular complexity index is 1450. The summed E-state index contributed by atoms with van der Waals surface area (Å²) in [5.74, 6) is -0.315. The van der Waals surface area contributed by atoms with Crippen molar-refractivity contribution in [2.75, 3.05) is 52.4 Å². The van der Waals surface area contributed by atoms with Crippen LogP contribution in [0.4, 0.5) is 28.9 Å². The van der Waals surface area contributed by atoms with Crippen molar-refractivity contribution in [1.29, 1.82) is 0 Å². The van der Waals surface area contributed by atoms with Crippen LogP contribution in [0.3, 0.4) is 0 Å². The number of para-hydroxylation sites is 1. The highest BCUT2D eigenvalue weighted by atomic mass is 19.4. The number of nitrogens with zero attached hydrogens (tertiary/aromatic N) is 4. The molecule has 1 saturated heterocycles. The molecule has 0 aromatic heterocycles. The number of halogens is 4. The van der Waals surface area contributed by atoms with Crippen LogP contribution in [0.15, 0.2) is 77.7 Å². The Labute approximate surface area is 248 Å². The Hall–Kier alpha value is -4.48. The number of guanidine groups is 1. The number of carbonyl (C=O) groups is 1. The van der Waals surface area contributed by atoms with Crippen LogP contribution in [0.5, 0.6) is 5.75 Å². The third-order valence-corrected chi connectivity index (χ3v) is 7.42. The maximum absolute atomic E-state index is 15.2. The highest BCUT2D eigenvalue weighted by Crippen LogP contribution is 2.46. The van der Waals surface area contributed by atoms with E-state index in [2.05, 4.69) is 16.5 Å². The smallest absolute Gasteiger partial charge is 0.416 e. The number of benzene rings is 2. The van der Waals surface area contributed by atoms with E-state index < -0.39 is 29.6 Å². The van der Waals surface area contributed by atoms with E-state index in [1.807, 2.05) is 24.0 Å². The largest absolute Gasteiger partial charge is 0.497 e. The maximum atomic E-state index is 15.2. The predicted octanol–water partition coefficient (Wildman–Crippen LogP) is 6.20. The molecule has 0 saturated carbocycles. The van der Waals surface area contributed by atoms with Gasteiger partial charge in [0.05, 0.1) is 45.0 Å². The zero-order valence-corrected chi connectivity index (χ0v) is 24.4. The van der Waals surface area contributed by atoms with E-state index in [0.29, 0.717) is 37.5 Å². The van der Waals surface area contributed by atoms with Crippen molar-refractivity contribution >= 4 is 23.3 Å². The molecular weight excluding hydrogens is 568 g/mol. The molecule has 0 amide bonds. The van der Waals surface area contributed by atoms with Gasteiger partial charge in [-0.1, -0.05) is 24.8 Å². The summed E-state index contributed by atoms with van der Waals surface area (Å²) in [5.41, 5.74) is 0.386. The van der Waals surface area contributed by atoms with Gasteiger partial charge in [0.15, 0.2) is 0 Å². The van der Waals surface area contributed by atoms with Crippen LogP contribution in [-0.2, 0) is 20.4 Å². The quantitative estimate of drug-likeness (QED) is 0.154. The topological polar surface area (TPSA) is 66.8 Å². The minimum absolute atomic E-state index is 0.0174. The molecule has 2 aromatic rings. The second-order valence-corrected chi connectivity index (χ2v) is 9.78. The lowest BCUT2D eigenvalue weighted by atomic mass is 9.96. The van der Waals surface area contributed by atoms with E-state index in [4.69, 9.17) is 14.2 Å². The average molecular weight is 603 g/mol. The van der Waals surface area contributed by atoms with Crippen LogP contribution in [-0.4, -0.2) is 69.2 Å². The molecule has 2 aliphatic heterocycles. The molecule has 2 aliphatic rings.